The Hall–Kier alpha value is -3.61. The molecule has 0 fully saturated rings. The van der Waals surface area contributed by atoms with Crippen molar-refractivity contribution in [2.45, 2.75) is 13.0 Å². The van der Waals surface area contributed by atoms with E-state index in [1.54, 1.807) is 42.5 Å². The van der Waals surface area contributed by atoms with Crippen LogP contribution in [-0.2, 0) is 13.0 Å². The number of aromatic nitrogens is 2. The van der Waals surface area contributed by atoms with Gasteiger partial charge < -0.3 is 10.2 Å². The molecule has 0 saturated carbocycles. The Balaban J connectivity index is 1.61. The normalized spacial score (nSPS) is 10.4. The van der Waals surface area contributed by atoms with Crippen molar-refractivity contribution in [3.8, 4) is 0 Å². The van der Waals surface area contributed by atoms with Gasteiger partial charge in [-0.15, -0.1) is 0 Å². The number of nitrogens with zero attached hydrogens (tertiary/aromatic N) is 3. The number of carbonyl (C=O) groups is 2. The molecule has 0 aliphatic heterocycles. The van der Waals surface area contributed by atoms with Gasteiger partial charge in [0.25, 0.3) is 11.8 Å². The summed E-state index contributed by atoms with van der Waals surface area (Å²) in [5, 5.41) is 2.65. The summed E-state index contributed by atoms with van der Waals surface area (Å²) in [5.74, 6) is -1.03. The molecule has 0 atom stereocenters. The van der Waals surface area contributed by atoms with Crippen LogP contribution < -0.4 is 5.32 Å². The van der Waals surface area contributed by atoms with Gasteiger partial charge in [-0.1, -0.05) is 18.2 Å². The molecule has 0 unspecified atom stereocenters. The highest BCUT2D eigenvalue weighted by molar-refractivity contribution is 5.99. The number of amides is 2. The Labute approximate surface area is 168 Å². The topological polar surface area (TPSA) is 75.2 Å². The number of pyridine rings is 2. The van der Waals surface area contributed by atoms with Crippen molar-refractivity contribution in [3.05, 3.63) is 95.3 Å². The lowest BCUT2D eigenvalue weighted by atomic mass is 10.1. The average Bonchev–Trinajstić information content (AvgIpc) is 2.77. The van der Waals surface area contributed by atoms with Crippen molar-refractivity contribution in [2.75, 3.05) is 13.6 Å². The van der Waals surface area contributed by atoms with E-state index in [0.717, 1.165) is 5.56 Å². The van der Waals surface area contributed by atoms with Crippen molar-refractivity contribution in [1.82, 2.24) is 20.2 Å². The van der Waals surface area contributed by atoms with Gasteiger partial charge in [-0.05, 0) is 36.2 Å². The van der Waals surface area contributed by atoms with Crippen molar-refractivity contribution >= 4 is 11.8 Å². The number of halogens is 1. The zero-order chi connectivity index (χ0) is 20.6. The standard InChI is InChI=1S/C22H21FN4O2/c1-27(11-8-16-6-9-24-10-7-16)22(29)19-12-18(13-25-14-19)21(28)26-15-17-4-2-3-5-20(17)23/h2-7,9-10,12-14H,8,11,15H2,1H3,(H,26,28). The van der Waals surface area contributed by atoms with Gasteiger partial charge in [0.2, 0.25) is 0 Å². The number of likely N-dealkylation sites (N-methyl/N-ethyl adjacent to an activating group) is 1. The molecule has 2 aromatic heterocycles. The zero-order valence-electron chi connectivity index (χ0n) is 16.0. The van der Waals surface area contributed by atoms with E-state index in [2.05, 4.69) is 15.3 Å². The van der Waals surface area contributed by atoms with Crippen molar-refractivity contribution in [2.24, 2.45) is 0 Å². The summed E-state index contributed by atoms with van der Waals surface area (Å²) in [6, 6.07) is 11.5. The van der Waals surface area contributed by atoms with Crippen LogP contribution in [0.3, 0.4) is 0 Å². The first kappa shape index (κ1) is 20.1. The van der Waals surface area contributed by atoms with Crippen LogP contribution in [0.2, 0.25) is 0 Å². The van der Waals surface area contributed by atoms with Crippen LogP contribution in [0.25, 0.3) is 0 Å². The molecule has 0 aliphatic rings. The van der Waals surface area contributed by atoms with Gasteiger partial charge in [-0.3, -0.25) is 19.6 Å². The molecule has 1 N–H and O–H groups in total. The summed E-state index contributed by atoms with van der Waals surface area (Å²) in [4.78, 5) is 34.6. The summed E-state index contributed by atoms with van der Waals surface area (Å²) in [6.45, 7) is 0.571. The predicted molar refractivity (Wildman–Crippen MR) is 107 cm³/mol. The Morgan fingerprint density at radius 2 is 1.76 bits per heavy atom. The highest BCUT2D eigenvalue weighted by atomic mass is 19.1. The molecule has 2 heterocycles. The molecule has 1 aromatic carbocycles. The quantitative estimate of drug-likeness (QED) is 0.671. The number of carbonyl (C=O) groups excluding carboxylic acids is 2. The first-order chi connectivity index (χ1) is 14.0. The fraction of sp³-hybridized carbons (Fsp3) is 0.182. The van der Waals surface area contributed by atoms with E-state index in [-0.39, 0.29) is 23.8 Å². The SMILES string of the molecule is CN(CCc1ccncc1)C(=O)c1cncc(C(=O)NCc2ccccc2F)c1. The minimum absolute atomic E-state index is 0.0511. The van der Waals surface area contributed by atoms with Crippen LogP contribution in [0.4, 0.5) is 4.39 Å². The van der Waals surface area contributed by atoms with Crippen molar-refractivity contribution in [1.29, 1.82) is 0 Å². The Bertz CT molecular complexity index is 995. The second-order valence-electron chi connectivity index (χ2n) is 6.57. The number of rotatable bonds is 7. The van der Waals surface area contributed by atoms with Crippen LogP contribution in [-0.4, -0.2) is 40.3 Å². The second-order valence-corrected chi connectivity index (χ2v) is 6.57. The number of hydrogen-bond donors (Lipinski definition) is 1. The van der Waals surface area contributed by atoms with Crippen LogP contribution in [0, 0.1) is 5.82 Å². The second kappa shape index (κ2) is 9.54. The van der Waals surface area contributed by atoms with E-state index in [1.807, 2.05) is 12.1 Å². The Morgan fingerprint density at radius 3 is 2.52 bits per heavy atom. The van der Waals surface area contributed by atoms with E-state index in [1.165, 1.54) is 24.5 Å². The first-order valence-corrected chi connectivity index (χ1v) is 9.15. The third-order valence-electron chi connectivity index (χ3n) is 4.48. The molecule has 0 saturated heterocycles. The maximum atomic E-state index is 13.7. The molecule has 148 valence electrons. The minimum Gasteiger partial charge on any atom is -0.348 e. The van der Waals surface area contributed by atoms with Gasteiger partial charge in [0.1, 0.15) is 5.82 Å². The Kier molecular flexibility index (Phi) is 6.63. The molecule has 29 heavy (non-hydrogen) atoms. The molecule has 3 aromatic rings. The largest absolute Gasteiger partial charge is 0.348 e. The number of benzene rings is 1. The van der Waals surface area contributed by atoms with Crippen LogP contribution >= 0.6 is 0 Å². The lowest BCUT2D eigenvalue weighted by molar-refractivity contribution is 0.0796. The minimum atomic E-state index is -0.421. The molecule has 0 radical (unpaired) electrons. The maximum Gasteiger partial charge on any atom is 0.255 e. The molecular formula is C22H21FN4O2. The summed E-state index contributed by atoms with van der Waals surface area (Å²) < 4.78 is 13.7. The van der Waals surface area contributed by atoms with E-state index in [4.69, 9.17) is 0 Å². The van der Waals surface area contributed by atoms with E-state index in [9.17, 15) is 14.0 Å². The molecule has 2 amide bonds. The van der Waals surface area contributed by atoms with Crippen LogP contribution in [0.15, 0.2) is 67.3 Å². The Morgan fingerprint density at radius 1 is 1.03 bits per heavy atom. The van der Waals surface area contributed by atoms with E-state index in [0.29, 0.717) is 24.1 Å². The van der Waals surface area contributed by atoms with Crippen molar-refractivity contribution < 1.29 is 14.0 Å². The first-order valence-electron chi connectivity index (χ1n) is 9.15. The monoisotopic (exact) mass is 392 g/mol. The number of hydrogen-bond acceptors (Lipinski definition) is 4. The van der Waals surface area contributed by atoms with Gasteiger partial charge in [-0.25, -0.2) is 4.39 Å². The van der Waals surface area contributed by atoms with Gasteiger partial charge in [-0.2, -0.15) is 0 Å². The van der Waals surface area contributed by atoms with Crippen LogP contribution in [0.1, 0.15) is 31.8 Å². The van der Waals surface area contributed by atoms with Crippen molar-refractivity contribution in [3.63, 3.8) is 0 Å². The maximum absolute atomic E-state index is 13.7. The molecule has 6 nitrogen and oxygen atoms in total. The number of nitrogens with one attached hydrogen (secondary N) is 1. The third kappa shape index (κ3) is 5.44. The highest BCUT2D eigenvalue weighted by Gasteiger charge is 2.15. The smallest absolute Gasteiger partial charge is 0.255 e. The molecular weight excluding hydrogens is 371 g/mol. The highest BCUT2D eigenvalue weighted by Crippen LogP contribution is 2.09. The molecule has 7 heteroatoms. The third-order valence-corrected chi connectivity index (χ3v) is 4.48. The van der Waals surface area contributed by atoms with Gasteiger partial charge >= 0.3 is 0 Å². The van der Waals surface area contributed by atoms with Gasteiger partial charge in [0.15, 0.2) is 0 Å². The average molecular weight is 392 g/mol. The predicted octanol–water partition coefficient (Wildman–Crippen LogP) is 2.86. The summed E-state index contributed by atoms with van der Waals surface area (Å²) in [5.41, 5.74) is 2.03. The molecule has 0 aliphatic carbocycles. The lowest BCUT2D eigenvalue weighted by Gasteiger charge is -2.17. The summed E-state index contributed by atoms with van der Waals surface area (Å²) >= 11 is 0. The molecule has 3 rings (SSSR count). The lowest BCUT2D eigenvalue weighted by Crippen LogP contribution is -2.29. The van der Waals surface area contributed by atoms with E-state index < -0.39 is 5.91 Å². The molecule has 0 spiro atoms. The van der Waals surface area contributed by atoms with Crippen LogP contribution in [0.5, 0.6) is 0 Å². The molecule has 0 bridgehead atoms. The van der Waals surface area contributed by atoms with Gasteiger partial charge in [0, 0.05) is 50.5 Å². The van der Waals surface area contributed by atoms with E-state index >= 15 is 0 Å². The summed E-state index contributed by atoms with van der Waals surface area (Å²) in [7, 11) is 1.70. The fourth-order valence-electron chi connectivity index (χ4n) is 2.77. The van der Waals surface area contributed by atoms with Gasteiger partial charge in [0.05, 0.1) is 11.1 Å². The zero-order valence-corrected chi connectivity index (χ0v) is 16.0. The summed E-state index contributed by atoms with van der Waals surface area (Å²) in [6.07, 6.45) is 6.93. The fourth-order valence-corrected chi connectivity index (χ4v) is 2.77.